The van der Waals surface area contributed by atoms with E-state index in [0.29, 0.717) is 17.5 Å². The van der Waals surface area contributed by atoms with Crippen molar-refractivity contribution in [1.29, 1.82) is 0 Å². The number of piperidine rings is 1. The van der Waals surface area contributed by atoms with E-state index in [9.17, 15) is 4.79 Å². The second kappa shape index (κ2) is 9.14. The van der Waals surface area contributed by atoms with Crippen molar-refractivity contribution in [3.05, 3.63) is 72.7 Å². The fourth-order valence-corrected chi connectivity index (χ4v) is 3.39. The zero-order valence-electron chi connectivity index (χ0n) is 16.1. The predicted molar refractivity (Wildman–Crippen MR) is 110 cm³/mol. The van der Waals surface area contributed by atoms with Crippen molar-refractivity contribution in [3.8, 4) is 0 Å². The van der Waals surface area contributed by atoms with Crippen molar-refractivity contribution in [3.63, 3.8) is 0 Å². The van der Waals surface area contributed by atoms with Crippen LogP contribution in [0.25, 0.3) is 6.08 Å². The van der Waals surface area contributed by atoms with E-state index < -0.39 is 0 Å². The van der Waals surface area contributed by atoms with Gasteiger partial charge in [0.25, 0.3) is 0 Å². The van der Waals surface area contributed by atoms with Gasteiger partial charge in [-0.05, 0) is 55.5 Å². The standard InChI is InChI=1S/C22H23N5O2/c28-22(7-6-19-4-3-13-29-19)27-11-8-17(9-12-27)14-18-15-25-21(16-24-18)26-20-5-1-2-10-23-20/h1-7,10,13,15-17H,8-9,11-12,14H2,(H,23,25,26)/b7-6+. The molecule has 4 heterocycles. The van der Waals surface area contributed by atoms with Gasteiger partial charge in [-0.25, -0.2) is 9.97 Å². The molecule has 29 heavy (non-hydrogen) atoms. The molecule has 0 radical (unpaired) electrons. The first-order valence-corrected chi connectivity index (χ1v) is 9.76. The van der Waals surface area contributed by atoms with Gasteiger partial charge in [0.15, 0.2) is 0 Å². The number of anilines is 2. The summed E-state index contributed by atoms with van der Waals surface area (Å²) in [7, 11) is 0. The zero-order chi connectivity index (χ0) is 19.9. The Balaban J connectivity index is 1.24. The lowest BCUT2D eigenvalue weighted by Gasteiger charge is -2.31. The molecule has 1 amide bonds. The average Bonchev–Trinajstić information content (AvgIpc) is 3.28. The molecule has 4 rings (SSSR count). The van der Waals surface area contributed by atoms with Crippen LogP contribution in [0.1, 0.15) is 24.3 Å². The van der Waals surface area contributed by atoms with Gasteiger partial charge >= 0.3 is 0 Å². The number of hydrogen-bond acceptors (Lipinski definition) is 6. The molecule has 3 aromatic heterocycles. The Hall–Kier alpha value is -3.48. The van der Waals surface area contributed by atoms with Crippen LogP contribution in [0.4, 0.5) is 11.6 Å². The van der Waals surface area contributed by atoms with E-state index in [1.165, 1.54) is 0 Å². The summed E-state index contributed by atoms with van der Waals surface area (Å²) >= 11 is 0. The third-order valence-corrected chi connectivity index (χ3v) is 4.98. The summed E-state index contributed by atoms with van der Waals surface area (Å²) in [5.74, 6) is 2.65. The fourth-order valence-electron chi connectivity index (χ4n) is 3.39. The van der Waals surface area contributed by atoms with Crippen LogP contribution < -0.4 is 5.32 Å². The molecule has 3 aromatic rings. The minimum atomic E-state index is 0.0320. The average molecular weight is 389 g/mol. The first-order chi connectivity index (χ1) is 14.3. The number of nitrogens with zero attached hydrogens (tertiary/aromatic N) is 4. The normalized spacial score (nSPS) is 15.0. The molecule has 1 fully saturated rings. The first kappa shape index (κ1) is 18.9. The van der Waals surface area contributed by atoms with E-state index in [0.717, 1.165) is 43.9 Å². The summed E-state index contributed by atoms with van der Waals surface area (Å²) in [6.07, 6.45) is 13.0. The second-order valence-corrected chi connectivity index (χ2v) is 7.05. The van der Waals surface area contributed by atoms with Crippen molar-refractivity contribution >= 4 is 23.6 Å². The summed E-state index contributed by atoms with van der Waals surface area (Å²) in [5, 5.41) is 3.13. The number of aromatic nitrogens is 3. The highest BCUT2D eigenvalue weighted by Gasteiger charge is 2.22. The van der Waals surface area contributed by atoms with Crippen LogP contribution in [-0.4, -0.2) is 38.8 Å². The molecular weight excluding hydrogens is 366 g/mol. The molecule has 148 valence electrons. The van der Waals surface area contributed by atoms with Gasteiger partial charge in [0.05, 0.1) is 24.4 Å². The fraction of sp³-hybridized carbons (Fsp3) is 0.273. The highest BCUT2D eigenvalue weighted by atomic mass is 16.3. The Morgan fingerprint density at radius 2 is 2.00 bits per heavy atom. The molecule has 7 heteroatoms. The molecule has 0 spiro atoms. The molecule has 0 saturated carbocycles. The van der Waals surface area contributed by atoms with E-state index in [-0.39, 0.29) is 5.91 Å². The Labute approximate surface area is 169 Å². The van der Waals surface area contributed by atoms with Crippen LogP contribution in [0.2, 0.25) is 0 Å². The van der Waals surface area contributed by atoms with Gasteiger partial charge < -0.3 is 14.6 Å². The quantitative estimate of drug-likeness (QED) is 0.647. The van der Waals surface area contributed by atoms with E-state index in [1.807, 2.05) is 35.4 Å². The molecule has 0 aromatic carbocycles. The number of rotatable bonds is 6. The van der Waals surface area contributed by atoms with E-state index >= 15 is 0 Å². The summed E-state index contributed by atoms with van der Waals surface area (Å²) in [4.78, 5) is 27.4. The minimum Gasteiger partial charge on any atom is -0.465 e. The molecular formula is C22H23N5O2. The van der Waals surface area contributed by atoms with Gasteiger partial charge in [-0.3, -0.25) is 9.78 Å². The van der Waals surface area contributed by atoms with Crippen LogP contribution in [0.15, 0.2) is 65.7 Å². The van der Waals surface area contributed by atoms with Crippen molar-refractivity contribution in [2.75, 3.05) is 18.4 Å². The third-order valence-electron chi connectivity index (χ3n) is 4.98. The molecule has 1 N–H and O–H groups in total. The Bertz CT molecular complexity index is 931. The second-order valence-electron chi connectivity index (χ2n) is 7.05. The van der Waals surface area contributed by atoms with Crippen molar-refractivity contribution in [2.45, 2.75) is 19.3 Å². The van der Waals surface area contributed by atoms with Crippen LogP contribution in [0, 0.1) is 5.92 Å². The van der Waals surface area contributed by atoms with Crippen molar-refractivity contribution in [1.82, 2.24) is 19.9 Å². The minimum absolute atomic E-state index is 0.0320. The molecule has 0 atom stereocenters. The molecule has 1 aliphatic heterocycles. The number of hydrogen-bond donors (Lipinski definition) is 1. The molecule has 1 aliphatic rings. The third kappa shape index (κ3) is 5.28. The van der Waals surface area contributed by atoms with Crippen LogP contribution in [-0.2, 0) is 11.2 Å². The van der Waals surface area contributed by atoms with Crippen LogP contribution in [0.5, 0.6) is 0 Å². The van der Waals surface area contributed by atoms with Gasteiger partial charge in [-0.1, -0.05) is 6.07 Å². The van der Waals surface area contributed by atoms with Crippen molar-refractivity contribution < 1.29 is 9.21 Å². The SMILES string of the molecule is O=C(/C=C/c1ccco1)N1CCC(Cc2cnc(Nc3ccccn3)cn2)CC1. The molecule has 1 saturated heterocycles. The summed E-state index contributed by atoms with van der Waals surface area (Å²) in [6, 6.07) is 9.30. The molecule has 7 nitrogen and oxygen atoms in total. The first-order valence-electron chi connectivity index (χ1n) is 9.76. The summed E-state index contributed by atoms with van der Waals surface area (Å²) in [5.41, 5.74) is 0.971. The lowest BCUT2D eigenvalue weighted by Crippen LogP contribution is -2.38. The summed E-state index contributed by atoms with van der Waals surface area (Å²) in [6.45, 7) is 1.53. The van der Waals surface area contributed by atoms with E-state index in [2.05, 4.69) is 20.3 Å². The lowest BCUT2D eigenvalue weighted by molar-refractivity contribution is -0.127. The van der Waals surface area contributed by atoms with Gasteiger partial charge in [0.1, 0.15) is 17.4 Å². The smallest absolute Gasteiger partial charge is 0.246 e. The Kier molecular flexibility index (Phi) is 5.95. The van der Waals surface area contributed by atoms with Crippen LogP contribution in [0.3, 0.4) is 0 Å². The number of carbonyl (C=O) groups excluding carboxylic acids is 1. The maximum atomic E-state index is 12.3. The van der Waals surface area contributed by atoms with E-state index in [4.69, 9.17) is 4.42 Å². The maximum Gasteiger partial charge on any atom is 0.246 e. The van der Waals surface area contributed by atoms with Crippen molar-refractivity contribution in [2.24, 2.45) is 5.92 Å². The van der Waals surface area contributed by atoms with Crippen LogP contribution >= 0.6 is 0 Å². The Morgan fingerprint density at radius 3 is 2.69 bits per heavy atom. The largest absolute Gasteiger partial charge is 0.465 e. The van der Waals surface area contributed by atoms with Gasteiger partial charge in [-0.15, -0.1) is 0 Å². The van der Waals surface area contributed by atoms with Gasteiger partial charge in [-0.2, -0.15) is 0 Å². The maximum absolute atomic E-state index is 12.3. The topological polar surface area (TPSA) is 84.2 Å². The van der Waals surface area contributed by atoms with Gasteiger partial charge in [0.2, 0.25) is 5.91 Å². The number of pyridine rings is 1. The summed E-state index contributed by atoms with van der Waals surface area (Å²) < 4.78 is 5.22. The molecule has 0 aliphatic carbocycles. The lowest BCUT2D eigenvalue weighted by atomic mass is 9.92. The molecule has 0 bridgehead atoms. The zero-order valence-corrected chi connectivity index (χ0v) is 16.1. The number of carbonyl (C=O) groups is 1. The number of furan rings is 1. The monoisotopic (exact) mass is 389 g/mol. The predicted octanol–water partition coefficient (Wildman–Crippen LogP) is 3.70. The molecule has 0 unspecified atom stereocenters. The number of amides is 1. The number of nitrogens with one attached hydrogen (secondary N) is 1. The van der Waals surface area contributed by atoms with E-state index in [1.54, 1.807) is 36.9 Å². The highest BCUT2D eigenvalue weighted by molar-refractivity contribution is 5.91. The Morgan fingerprint density at radius 1 is 1.10 bits per heavy atom. The number of likely N-dealkylation sites (tertiary alicyclic amines) is 1. The highest BCUT2D eigenvalue weighted by Crippen LogP contribution is 2.21. The van der Waals surface area contributed by atoms with Gasteiger partial charge in [0, 0.05) is 25.4 Å².